The molecule has 2 N–H and O–H groups in total. The number of rotatable bonds is 9. The molecular formula is C18H31ClN2O3. The van der Waals surface area contributed by atoms with E-state index >= 15 is 0 Å². The van der Waals surface area contributed by atoms with Crippen molar-refractivity contribution < 1.29 is 14.3 Å². The molecule has 0 saturated carbocycles. The largest absolute Gasteiger partial charge is 0.497 e. The van der Waals surface area contributed by atoms with Crippen molar-refractivity contribution in [2.24, 2.45) is 11.7 Å². The topological polar surface area (TPSA) is 64.8 Å². The molecule has 1 amide bonds. The average molecular weight is 359 g/mol. The molecule has 0 aliphatic rings. The van der Waals surface area contributed by atoms with Crippen LogP contribution in [-0.4, -0.2) is 44.7 Å². The number of aryl methyl sites for hydroxylation is 1. The zero-order valence-electron chi connectivity index (χ0n) is 15.4. The Morgan fingerprint density at radius 3 is 2.46 bits per heavy atom. The number of methoxy groups -OCH3 is 2. The third-order valence-corrected chi connectivity index (χ3v) is 4.18. The Kier molecular flexibility index (Phi) is 10.5. The summed E-state index contributed by atoms with van der Waals surface area (Å²) < 4.78 is 10.6. The van der Waals surface area contributed by atoms with E-state index in [1.807, 2.05) is 25.2 Å². The van der Waals surface area contributed by atoms with Gasteiger partial charge in [-0.15, -0.1) is 12.4 Å². The second-order valence-corrected chi connectivity index (χ2v) is 6.19. The van der Waals surface area contributed by atoms with Crippen molar-refractivity contribution in [2.75, 3.05) is 27.8 Å². The van der Waals surface area contributed by atoms with Crippen molar-refractivity contribution in [1.29, 1.82) is 0 Å². The first-order valence-electron chi connectivity index (χ1n) is 8.09. The fourth-order valence-corrected chi connectivity index (χ4v) is 2.31. The van der Waals surface area contributed by atoms with E-state index in [4.69, 9.17) is 15.2 Å². The van der Waals surface area contributed by atoms with Crippen LogP contribution in [0.25, 0.3) is 0 Å². The summed E-state index contributed by atoms with van der Waals surface area (Å²) in [7, 11) is 5.09. The maximum Gasteiger partial charge on any atom is 0.222 e. The van der Waals surface area contributed by atoms with Crippen LogP contribution in [0.4, 0.5) is 0 Å². The SMILES string of the molecule is COc1ccc(OC)c(CCC(=O)N(C)CCC(N)C(C)C)c1.Cl. The smallest absolute Gasteiger partial charge is 0.222 e. The van der Waals surface area contributed by atoms with Crippen molar-refractivity contribution in [2.45, 2.75) is 39.2 Å². The molecule has 0 aromatic heterocycles. The van der Waals surface area contributed by atoms with Crippen LogP contribution in [-0.2, 0) is 11.2 Å². The molecule has 1 atom stereocenters. The molecule has 138 valence electrons. The van der Waals surface area contributed by atoms with Crippen molar-refractivity contribution >= 4 is 18.3 Å². The summed E-state index contributed by atoms with van der Waals surface area (Å²) in [5.74, 6) is 2.10. The second-order valence-electron chi connectivity index (χ2n) is 6.19. The number of nitrogens with zero attached hydrogens (tertiary/aromatic N) is 1. The highest BCUT2D eigenvalue weighted by Crippen LogP contribution is 2.25. The third kappa shape index (κ3) is 6.97. The van der Waals surface area contributed by atoms with Crippen LogP contribution < -0.4 is 15.2 Å². The van der Waals surface area contributed by atoms with Gasteiger partial charge in [-0.1, -0.05) is 13.8 Å². The molecule has 1 aromatic carbocycles. The van der Waals surface area contributed by atoms with Crippen LogP contribution in [0.1, 0.15) is 32.3 Å². The highest BCUT2D eigenvalue weighted by molar-refractivity contribution is 5.85. The van der Waals surface area contributed by atoms with Gasteiger partial charge >= 0.3 is 0 Å². The minimum absolute atomic E-state index is 0. The molecule has 24 heavy (non-hydrogen) atoms. The van der Waals surface area contributed by atoms with E-state index in [-0.39, 0.29) is 24.4 Å². The molecule has 0 aliphatic carbocycles. The summed E-state index contributed by atoms with van der Waals surface area (Å²) in [5, 5.41) is 0. The predicted molar refractivity (Wildman–Crippen MR) is 100 cm³/mol. The van der Waals surface area contributed by atoms with Gasteiger partial charge in [0.25, 0.3) is 0 Å². The number of carbonyl (C=O) groups excluding carboxylic acids is 1. The minimum atomic E-state index is 0. The lowest BCUT2D eigenvalue weighted by atomic mass is 10.0. The minimum Gasteiger partial charge on any atom is -0.497 e. The quantitative estimate of drug-likeness (QED) is 0.737. The summed E-state index contributed by atoms with van der Waals surface area (Å²) in [6, 6.07) is 5.76. The highest BCUT2D eigenvalue weighted by Gasteiger charge is 2.14. The van der Waals surface area contributed by atoms with Crippen LogP contribution in [0.3, 0.4) is 0 Å². The van der Waals surface area contributed by atoms with Gasteiger partial charge in [0.05, 0.1) is 14.2 Å². The molecule has 1 unspecified atom stereocenters. The van der Waals surface area contributed by atoms with E-state index in [2.05, 4.69) is 13.8 Å². The van der Waals surface area contributed by atoms with E-state index < -0.39 is 0 Å². The zero-order chi connectivity index (χ0) is 17.4. The molecule has 0 heterocycles. The van der Waals surface area contributed by atoms with Gasteiger partial charge < -0.3 is 20.1 Å². The second kappa shape index (κ2) is 11.2. The molecule has 0 radical (unpaired) electrons. The number of ether oxygens (including phenoxy) is 2. The lowest BCUT2D eigenvalue weighted by Crippen LogP contribution is -2.34. The van der Waals surface area contributed by atoms with Crippen LogP contribution in [0.15, 0.2) is 18.2 Å². The number of hydrogen-bond acceptors (Lipinski definition) is 4. The molecule has 1 aromatic rings. The van der Waals surface area contributed by atoms with Crippen molar-refractivity contribution in [3.63, 3.8) is 0 Å². The number of amides is 1. The Labute approximate surface area is 151 Å². The maximum absolute atomic E-state index is 12.3. The highest BCUT2D eigenvalue weighted by atomic mass is 35.5. The molecule has 0 spiro atoms. The number of halogens is 1. The van der Waals surface area contributed by atoms with Gasteiger partial charge in [-0.05, 0) is 42.5 Å². The number of nitrogens with two attached hydrogens (primary N) is 1. The number of hydrogen-bond donors (Lipinski definition) is 1. The molecule has 0 saturated heterocycles. The fraction of sp³-hybridized carbons (Fsp3) is 0.611. The molecule has 0 fully saturated rings. The summed E-state index contributed by atoms with van der Waals surface area (Å²) in [6.07, 6.45) is 1.89. The predicted octanol–water partition coefficient (Wildman–Crippen LogP) is 2.89. The van der Waals surface area contributed by atoms with E-state index in [0.29, 0.717) is 25.3 Å². The summed E-state index contributed by atoms with van der Waals surface area (Å²) in [5.41, 5.74) is 7.01. The summed E-state index contributed by atoms with van der Waals surface area (Å²) in [6.45, 7) is 4.89. The van der Waals surface area contributed by atoms with Crippen molar-refractivity contribution in [3.05, 3.63) is 23.8 Å². The van der Waals surface area contributed by atoms with Gasteiger partial charge in [0.1, 0.15) is 11.5 Å². The number of carbonyl (C=O) groups is 1. The maximum atomic E-state index is 12.3. The Morgan fingerprint density at radius 1 is 1.25 bits per heavy atom. The van der Waals surface area contributed by atoms with E-state index in [1.165, 1.54) is 0 Å². The first kappa shape index (κ1) is 22.5. The lowest BCUT2D eigenvalue weighted by Gasteiger charge is -2.21. The molecule has 5 nitrogen and oxygen atoms in total. The Hall–Kier alpha value is -1.46. The third-order valence-electron chi connectivity index (χ3n) is 4.18. The van der Waals surface area contributed by atoms with Crippen molar-refractivity contribution in [1.82, 2.24) is 4.90 Å². The van der Waals surface area contributed by atoms with Gasteiger partial charge in [-0.25, -0.2) is 0 Å². The molecular weight excluding hydrogens is 328 g/mol. The van der Waals surface area contributed by atoms with Gasteiger partial charge in [0.15, 0.2) is 0 Å². The monoisotopic (exact) mass is 358 g/mol. The average Bonchev–Trinajstić information content (AvgIpc) is 2.56. The number of benzene rings is 1. The van der Waals surface area contributed by atoms with Gasteiger partial charge in [-0.2, -0.15) is 0 Å². The van der Waals surface area contributed by atoms with Gasteiger partial charge in [0.2, 0.25) is 5.91 Å². The van der Waals surface area contributed by atoms with Gasteiger partial charge in [-0.3, -0.25) is 4.79 Å². The van der Waals surface area contributed by atoms with E-state index in [9.17, 15) is 4.79 Å². The molecule has 0 bridgehead atoms. The summed E-state index contributed by atoms with van der Waals surface area (Å²) >= 11 is 0. The van der Waals surface area contributed by atoms with Crippen LogP contribution in [0.5, 0.6) is 11.5 Å². The Balaban J connectivity index is 0.00000529. The van der Waals surface area contributed by atoms with E-state index in [1.54, 1.807) is 19.1 Å². The zero-order valence-corrected chi connectivity index (χ0v) is 16.2. The Bertz CT molecular complexity index is 509. The molecule has 0 aliphatic heterocycles. The molecule has 6 heteroatoms. The van der Waals surface area contributed by atoms with E-state index in [0.717, 1.165) is 23.5 Å². The first-order valence-corrected chi connectivity index (χ1v) is 8.09. The molecule has 1 rings (SSSR count). The van der Waals surface area contributed by atoms with Crippen LogP contribution in [0.2, 0.25) is 0 Å². The van der Waals surface area contributed by atoms with Crippen LogP contribution in [0, 0.1) is 5.92 Å². The fourth-order valence-electron chi connectivity index (χ4n) is 2.31. The lowest BCUT2D eigenvalue weighted by molar-refractivity contribution is -0.129. The van der Waals surface area contributed by atoms with Crippen LogP contribution >= 0.6 is 12.4 Å². The normalized spacial score (nSPS) is 11.6. The van der Waals surface area contributed by atoms with Gasteiger partial charge in [0, 0.05) is 26.1 Å². The standard InChI is InChI=1S/C18H30N2O3.ClH/c1-13(2)16(19)10-11-20(3)18(21)9-6-14-12-15(22-4)7-8-17(14)23-5;/h7-8,12-13,16H,6,9-11,19H2,1-5H3;1H. The first-order chi connectivity index (χ1) is 10.9. The Morgan fingerprint density at radius 2 is 1.92 bits per heavy atom. The van der Waals surface area contributed by atoms with Crippen molar-refractivity contribution in [3.8, 4) is 11.5 Å². The summed E-state index contributed by atoms with van der Waals surface area (Å²) in [4.78, 5) is 14.0.